The van der Waals surface area contributed by atoms with Crippen LogP contribution in [-0.4, -0.2) is 30.1 Å². The van der Waals surface area contributed by atoms with Gasteiger partial charge < -0.3 is 19.6 Å². The van der Waals surface area contributed by atoms with Gasteiger partial charge in [-0.25, -0.2) is 4.79 Å². The lowest BCUT2D eigenvalue weighted by Crippen LogP contribution is -2.49. The highest BCUT2D eigenvalue weighted by molar-refractivity contribution is 5.70. The molecule has 1 amide bonds. The topological polar surface area (TPSA) is 64.6 Å². The fraction of sp³-hybridized carbons (Fsp3) is 0.579. The second-order valence-electron chi connectivity index (χ2n) is 7.47. The van der Waals surface area contributed by atoms with Crippen molar-refractivity contribution in [2.45, 2.75) is 64.9 Å². The molecular weight excluding hydrogens is 306 g/mol. The normalized spacial score (nSPS) is 23.5. The molecule has 1 aromatic carbocycles. The number of benzene rings is 1. The zero-order valence-corrected chi connectivity index (χ0v) is 15.0. The van der Waals surface area contributed by atoms with E-state index in [9.17, 15) is 9.59 Å². The molecule has 0 fully saturated rings. The average molecular weight is 333 g/mol. The van der Waals surface area contributed by atoms with Crippen molar-refractivity contribution < 1.29 is 19.1 Å². The smallest absolute Gasteiger partial charge is 0.407 e. The largest absolute Gasteiger partial charge is 0.444 e. The van der Waals surface area contributed by atoms with E-state index in [1.165, 1.54) is 0 Å². The summed E-state index contributed by atoms with van der Waals surface area (Å²) in [7, 11) is 0. The third-order valence-electron chi connectivity index (χ3n) is 3.89. The van der Waals surface area contributed by atoms with Gasteiger partial charge in [-0.3, -0.25) is 0 Å². The van der Waals surface area contributed by atoms with E-state index in [4.69, 9.17) is 9.47 Å². The molecule has 5 nitrogen and oxygen atoms in total. The third-order valence-corrected chi connectivity index (χ3v) is 3.89. The molecule has 0 aromatic heterocycles. The third kappa shape index (κ3) is 4.57. The molecule has 0 radical (unpaired) electrons. The highest BCUT2D eigenvalue weighted by Gasteiger charge is 2.39. The van der Waals surface area contributed by atoms with E-state index in [0.29, 0.717) is 6.42 Å². The lowest BCUT2D eigenvalue weighted by Gasteiger charge is -2.38. The van der Waals surface area contributed by atoms with Crippen LogP contribution in [0, 0.1) is 5.92 Å². The van der Waals surface area contributed by atoms with Crippen molar-refractivity contribution in [3.63, 3.8) is 0 Å². The second-order valence-corrected chi connectivity index (χ2v) is 7.47. The Balaban J connectivity index is 2.26. The van der Waals surface area contributed by atoms with E-state index in [1.54, 1.807) is 0 Å². The van der Waals surface area contributed by atoms with Gasteiger partial charge in [0, 0.05) is 6.04 Å². The monoisotopic (exact) mass is 333 g/mol. The number of hydrogen-bond donors (Lipinski definition) is 1. The van der Waals surface area contributed by atoms with Crippen LogP contribution < -0.4 is 5.32 Å². The van der Waals surface area contributed by atoms with Gasteiger partial charge in [-0.15, -0.1) is 0 Å². The van der Waals surface area contributed by atoms with Crippen molar-refractivity contribution in [1.82, 2.24) is 5.32 Å². The highest BCUT2D eigenvalue weighted by Crippen LogP contribution is 2.37. The number of amides is 1. The summed E-state index contributed by atoms with van der Waals surface area (Å²) in [5, 5.41) is 2.85. The number of rotatable bonds is 4. The van der Waals surface area contributed by atoms with E-state index in [-0.39, 0.29) is 18.2 Å². The number of fused-ring (bicyclic) bond motifs is 1. The first-order chi connectivity index (χ1) is 11.2. The van der Waals surface area contributed by atoms with Gasteiger partial charge in [0.1, 0.15) is 11.9 Å². The van der Waals surface area contributed by atoms with Gasteiger partial charge in [0.05, 0.1) is 18.1 Å². The minimum atomic E-state index is -0.582. The zero-order valence-electron chi connectivity index (χ0n) is 15.0. The van der Waals surface area contributed by atoms with Crippen molar-refractivity contribution in [3.8, 4) is 0 Å². The second kappa shape index (κ2) is 7.34. The summed E-state index contributed by atoms with van der Waals surface area (Å²) in [6.45, 7) is 9.31. The van der Waals surface area contributed by atoms with E-state index in [2.05, 4.69) is 5.32 Å². The fourth-order valence-corrected chi connectivity index (χ4v) is 3.02. The van der Waals surface area contributed by atoms with Gasteiger partial charge in [-0.2, -0.15) is 0 Å². The number of carbonyl (C=O) groups is 2. The van der Waals surface area contributed by atoms with Gasteiger partial charge in [-0.05, 0) is 52.2 Å². The molecule has 0 bridgehead atoms. The Bertz CT molecular complexity index is 591. The maximum Gasteiger partial charge on any atom is 0.407 e. The van der Waals surface area contributed by atoms with E-state index < -0.39 is 17.6 Å². The van der Waals surface area contributed by atoms with Crippen LogP contribution in [0.25, 0.3) is 0 Å². The van der Waals surface area contributed by atoms with Crippen molar-refractivity contribution in [1.29, 1.82) is 0 Å². The van der Waals surface area contributed by atoms with Gasteiger partial charge in [0.25, 0.3) is 0 Å². The number of aldehydes is 1. The van der Waals surface area contributed by atoms with E-state index in [1.807, 2.05) is 58.9 Å². The van der Waals surface area contributed by atoms with Gasteiger partial charge in [-0.1, -0.05) is 24.3 Å². The fourth-order valence-electron chi connectivity index (χ4n) is 3.02. The molecule has 5 heteroatoms. The van der Waals surface area contributed by atoms with Crippen molar-refractivity contribution in [2.24, 2.45) is 5.92 Å². The van der Waals surface area contributed by atoms with E-state index in [0.717, 1.165) is 17.4 Å². The molecule has 132 valence electrons. The molecular formula is C19H27NO4. The number of hydrogen-bond acceptors (Lipinski definition) is 4. The average Bonchev–Trinajstić information content (AvgIpc) is 2.44. The molecule has 1 aromatic rings. The molecule has 1 aliphatic carbocycles. The van der Waals surface area contributed by atoms with Crippen LogP contribution in [0.4, 0.5) is 4.79 Å². The Hall–Kier alpha value is -1.88. The van der Waals surface area contributed by atoms with Crippen LogP contribution in [0.5, 0.6) is 0 Å². The molecule has 2 rings (SSSR count). The maximum atomic E-state index is 12.1. The Morgan fingerprint density at radius 1 is 1.29 bits per heavy atom. The first kappa shape index (κ1) is 18.5. The van der Waals surface area contributed by atoms with Crippen LogP contribution >= 0.6 is 0 Å². The van der Waals surface area contributed by atoms with E-state index >= 15 is 0 Å². The molecule has 3 atom stereocenters. The van der Waals surface area contributed by atoms with Gasteiger partial charge in [0.2, 0.25) is 0 Å². The number of nitrogens with one attached hydrogen (secondary N) is 1. The Labute approximate surface area is 143 Å². The molecule has 1 N–H and O–H groups in total. The van der Waals surface area contributed by atoms with Crippen LogP contribution in [-0.2, 0) is 20.7 Å². The number of ether oxygens (including phenoxy) is 2. The zero-order chi connectivity index (χ0) is 17.9. The van der Waals surface area contributed by atoms with Crippen molar-refractivity contribution >= 4 is 12.4 Å². The van der Waals surface area contributed by atoms with Gasteiger partial charge >= 0.3 is 6.09 Å². The maximum absolute atomic E-state index is 12.1. The predicted molar refractivity (Wildman–Crippen MR) is 91.8 cm³/mol. The summed E-state index contributed by atoms with van der Waals surface area (Å²) in [6.07, 6.45) is 0.558. The Morgan fingerprint density at radius 2 is 1.96 bits per heavy atom. The first-order valence-corrected chi connectivity index (χ1v) is 8.39. The summed E-state index contributed by atoms with van der Waals surface area (Å²) in [5.74, 6) is -0.449. The minimum Gasteiger partial charge on any atom is -0.444 e. The quantitative estimate of drug-likeness (QED) is 0.858. The molecule has 0 saturated heterocycles. The SMILES string of the molecule is CC(C)OC1c2ccccc2CC(NC(=O)OC(C)(C)C)C1C=O. The number of carbonyl (C=O) groups excluding carboxylic acids is 2. The Kier molecular flexibility index (Phi) is 5.65. The molecule has 0 heterocycles. The molecule has 0 spiro atoms. The standard InChI is InChI=1S/C19H27NO4/c1-12(2)23-17-14-9-7-6-8-13(14)10-16(15(17)11-21)20-18(22)24-19(3,4)5/h6-9,11-12,15-17H,10H2,1-5H3,(H,20,22). The minimum absolute atomic E-state index is 0.0224. The summed E-state index contributed by atoms with van der Waals surface area (Å²) >= 11 is 0. The lowest BCUT2D eigenvalue weighted by atomic mass is 9.78. The van der Waals surface area contributed by atoms with Crippen molar-refractivity contribution in [2.75, 3.05) is 0 Å². The molecule has 0 saturated carbocycles. The first-order valence-electron chi connectivity index (χ1n) is 8.39. The predicted octanol–water partition coefficient (Wildman–Crippen LogP) is 3.42. The number of alkyl carbamates (subject to hydrolysis) is 1. The van der Waals surface area contributed by atoms with Crippen LogP contribution in [0.3, 0.4) is 0 Å². The summed E-state index contributed by atoms with van der Waals surface area (Å²) in [4.78, 5) is 23.9. The lowest BCUT2D eigenvalue weighted by molar-refractivity contribution is -0.120. The van der Waals surface area contributed by atoms with Crippen LogP contribution in [0.2, 0.25) is 0 Å². The molecule has 1 aliphatic rings. The molecule has 3 unspecified atom stereocenters. The summed E-state index contributed by atoms with van der Waals surface area (Å²) < 4.78 is 11.3. The molecule has 24 heavy (non-hydrogen) atoms. The summed E-state index contributed by atoms with van der Waals surface area (Å²) in [5.41, 5.74) is 1.52. The van der Waals surface area contributed by atoms with Crippen molar-refractivity contribution in [3.05, 3.63) is 35.4 Å². The van der Waals surface area contributed by atoms with Gasteiger partial charge in [0.15, 0.2) is 0 Å². The molecule has 0 aliphatic heterocycles. The Morgan fingerprint density at radius 3 is 2.54 bits per heavy atom. The van der Waals surface area contributed by atoms with Crippen LogP contribution in [0.1, 0.15) is 51.8 Å². The highest BCUT2D eigenvalue weighted by atomic mass is 16.6. The summed E-state index contributed by atoms with van der Waals surface area (Å²) in [6, 6.07) is 7.55. The van der Waals surface area contributed by atoms with Crippen LogP contribution in [0.15, 0.2) is 24.3 Å².